The lowest BCUT2D eigenvalue weighted by Gasteiger charge is -2.25. The predicted molar refractivity (Wildman–Crippen MR) is 57.7 cm³/mol. The van der Waals surface area contributed by atoms with E-state index in [1.54, 1.807) is 0 Å². The second-order valence-corrected chi connectivity index (χ2v) is 4.22. The molecule has 0 aliphatic rings. The van der Waals surface area contributed by atoms with Gasteiger partial charge in [0.05, 0.1) is 0 Å². The van der Waals surface area contributed by atoms with Crippen LogP contribution >= 0.6 is 37.9 Å². The van der Waals surface area contributed by atoms with Crippen LogP contribution in [0, 0.1) is 0 Å². The van der Waals surface area contributed by atoms with E-state index in [0.29, 0.717) is 6.54 Å². The van der Waals surface area contributed by atoms with Crippen LogP contribution in [0.5, 0.6) is 0 Å². The Hall–Kier alpha value is 1.01. The van der Waals surface area contributed by atoms with Gasteiger partial charge in [-0.15, -0.1) is 0 Å². The molecule has 0 saturated carbocycles. The van der Waals surface area contributed by atoms with Crippen LogP contribution in [-0.2, 0) is 0 Å². The molecule has 0 fully saturated rings. The zero-order chi connectivity index (χ0) is 8.04. The standard InChI is InChI=1S/C6H15NS3/c7-5-6(10,1-3-8)2-4-9/h8-10H,1-5,7H2. The van der Waals surface area contributed by atoms with E-state index in [-0.39, 0.29) is 4.75 Å². The molecular weight excluding hydrogens is 182 g/mol. The highest BCUT2D eigenvalue weighted by molar-refractivity contribution is 7.82. The van der Waals surface area contributed by atoms with E-state index < -0.39 is 0 Å². The summed E-state index contributed by atoms with van der Waals surface area (Å²) in [6, 6.07) is 0. The van der Waals surface area contributed by atoms with Crippen molar-refractivity contribution in [1.82, 2.24) is 0 Å². The van der Waals surface area contributed by atoms with E-state index in [0.717, 1.165) is 24.3 Å². The largest absolute Gasteiger partial charge is 0.329 e. The summed E-state index contributed by atoms with van der Waals surface area (Å²) < 4.78 is -0.0382. The average Bonchev–Trinajstić information content (AvgIpc) is 1.89. The molecule has 10 heavy (non-hydrogen) atoms. The lowest BCUT2D eigenvalue weighted by molar-refractivity contribution is 0.573. The Labute approximate surface area is 79.4 Å². The Bertz CT molecular complexity index is 81.1. The SMILES string of the molecule is NCC(S)(CCS)CCS. The van der Waals surface area contributed by atoms with Crippen molar-refractivity contribution in [2.75, 3.05) is 18.1 Å². The van der Waals surface area contributed by atoms with Crippen molar-refractivity contribution in [2.45, 2.75) is 17.6 Å². The summed E-state index contributed by atoms with van der Waals surface area (Å²) in [6.07, 6.45) is 1.91. The quantitative estimate of drug-likeness (QED) is 0.491. The van der Waals surface area contributed by atoms with Gasteiger partial charge in [0.1, 0.15) is 0 Å². The molecule has 0 rings (SSSR count). The van der Waals surface area contributed by atoms with E-state index in [1.807, 2.05) is 0 Å². The summed E-state index contributed by atoms with van der Waals surface area (Å²) in [7, 11) is 0. The average molecular weight is 197 g/mol. The fourth-order valence-corrected chi connectivity index (χ4v) is 2.18. The van der Waals surface area contributed by atoms with Crippen LogP contribution in [0.15, 0.2) is 0 Å². The molecule has 4 heteroatoms. The maximum absolute atomic E-state index is 5.53. The molecule has 0 heterocycles. The van der Waals surface area contributed by atoms with Gasteiger partial charge >= 0.3 is 0 Å². The molecule has 1 nitrogen and oxygen atoms in total. The molecule has 2 N–H and O–H groups in total. The lowest BCUT2D eigenvalue weighted by atomic mass is 10.0. The number of hydrogen-bond donors (Lipinski definition) is 4. The Morgan fingerprint density at radius 3 is 1.70 bits per heavy atom. The van der Waals surface area contributed by atoms with Crippen LogP contribution in [-0.4, -0.2) is 22.8 Å². The Morgan fingerprint density at radius 2 is 1.50 bits per heavy atom. The fourth-order valence-electron chi connectivity index (χ4n) is 0.745. The van der Waals surface area contributed by atoms with Crippen molar-refractivity contribution in [3.63, 3.8) is 0 Å². The van der Waals surface area contributed by atoms with Crippen molar-refractivity contribution in [3.05, 3.63) is 0 Å². The van der Waals surface area contributed by atoms with E-state index in [4.69, 9.17) is 5.73 Å². The normalized spacial score (nSPS) is 12.0. The van der Waals surface area contributed by atoms with Gasteiger partial charge in [0, 0.05) is 11.3 Å². The number of hydrogen-bond acceptors (Lipinski definition) is 4. The van der Waals surface area contributed by atoms with E-state index >= 15 is 0 Å². The minimum atomic E-state index is -0.0382. The third kappa shape index (κ3) is 4.01. The van der Waals surface area contributed by atoms with Crippen LogP contribution < -0.4 is 5.73 Å². The molecule has 0 unspecified atom stereocenters. The molecule has 0 aromatic heterocycles. The molecular formula is C6H15NS3. The zero-order valence-corrected chi connectivity index (χ0v) is 8.64. The van der Waals surface area contributed by atoms with Crippen molar-refractivity contribution < 1.29 is 0 Å². The van der Waals surface area contributed by atoms with E-state index in [2.05, 4.69) is 37.9 Å². The van der Waals surface area contributed by atoms with Gasteiger partial charge in [0.15, 0.2) is 0 Å². The van der Waals surface area contributed by atoms with Crippen LogP contribution in [0.25, 0.3) is 0 Å². The molecule has 0 aliphatic heterocycles. The third-order valence-corrected chi connectivity index (χ3v) is 2.61. The lowest BCUT2D eigenvalue weighted by Crippen LogP contribution is -2.32. The monoisotopic (exact) mass is 197 g/mol. The maximum Gasteiger partial charge on any atom is 0.0267 e. The fraction of sp³-hybridized carbons (Fsp3) is 1.00. The number of thiol groups is 3. The summed E-state index contributed by atoms with van der Waals surface area (Å²) >= 11 is 12.7. The first-order valence-electron chi connectivity index (χ1n) is 3.32. The number of nitrogens with two attached hydrogens (primary N) is 1. The van der Waals surface area contributed by atoms with E-state index in [9.17, 15) is 0 Å². The second kappa shape index (κ2) is 5.63. The maximum atomic E-state index is 5.53. The van der Waals surface area contributed by atoms with Crippen LogP contribution in [0.3, 0.4) is 0 Å². The van der Waals surface area contributed by atoms with Crippen molar-refractivity contribution >= 4 is 37.9 Å². The Morgan fingerprint density at radius 1 is 1.10 bits per heavy atom. The molecule has 0 aromatic carbocycles. The molecule has 62 valence electrons. The van der Waals surface area contributed by atoms with Crippen molar-refractivity contribution in [1.29, 1.82) is 0 Å². The number of rotatable bonds is 5. The minimum Gasteiger partial charge on any atom is -0.329 e. The highest BCUT2D eigenvalue weighted by Crippen LogP contribution is 2.23. The molecule has 0 radical (unpaired) electrons. The molecule has 0 amide bonds. The minimum absolute atomic E-state index is 0.0382. The van der Waals surface area contributed by atoms with Crippen LogP contribution in [0.2, 0.25) is 0 Å². The van der Waals surface area contributed by atoms with Gasteiger partial charge in [0.2, 0.25) is 0 Å². The first-order valence-corrected chi connectivity index (χ1v) is 5.04. The molecule has 0 saturated heterocycles. The molecule has 0 aromatic rings. The summed E-state index contributed by atoms with van der Waals surface area (Å²) in [5, 5.41) is 0. The van der Waals surface area contributed by atoms with Crippen LogP contribution in [0.1, 0.15) is 12.8 Å². The van der Waals surface area contributed by atoms with Crippen molar-refractivity contribution in [2.24, 2.45) is 5.73 Å². The summed E-state index contributed by atoms with van der Waals surface area (Å²) in [5.41, 5.74) is 5.53. The second-order valence-electron chi connectivity index (χ2n) is 2.38. The van der Waals surface area contributed by atoms with Gasteiger partial charge in [-0.3, -0.25) is 0 Å². The van der Waals surface area contributed by atoms with Gasteiger partial charge in [-0.25, -0.2) is 0 Å². The smallest absolute Gasteiger partial charge is 0.0267 e. The first kappa shape index (κ1) is 11.0. The van der Waals surface area contributed by atoms with Crippen molar-refractivity contribution in [3.8, 4) is 0 Å². The van der Waals surface area contributed by atoms with Gasteiger partial charge in [-0.2, -0.15) is 37.9 Å². The summed E-state index contributed by atoms with van der Waals surface area (Å²) in [5.74, 6) is 1.68. The molecule has 0 aliphatic carbocycles. The van der Waals surface area contributed by atoms with Crippen LogP contribution in [0.4, 0.5) is 0 Å². The molecule has 0 spiro atoms. The third-order valence-electron chi connectivity index (χ3n) is 1.53. The Balaban J connectivity index is 3.69. The first-order chi connectivity index (χ1) is 4.68. The predicted octanol–water partition coefficient (Wildman–Crippen LogP) is 1.25. The highest BCUT2D eigenvalue weighted by Gasteiger charge is 2.21. The van der Waals surface area contributed by atoms with Gasteiger partial charge in [0.25, 0.3) is 0 Å². The molecule has 0 atom stereocenters. The Kier molecular flexibility index (Phi) is 6.20. The topological polar surface area (TPSA) is 26.0 Å². The summed E-state index contributed by atoms with van der Waals surface area (Å²) in [6.45, 7) is 0.608. The highest BCUT2D eigenvalue weighted by atomic mass is 32.1. The summed E-state index contributed by atoms with van der Waals surface area (Å²) in [4.78, 5) is 0. The molecule has 0 bridgehead atoms. The van der Waals surface area contributed by atoms with Gasteiger partial charge < -0.3 is 5.73 Å². The van der Waals surface area contributed by atoms with E-state index in [1.165, 1.54) is 0 Å². The van der Waals surface area contributed by atoms with Gasteiger partial charge in [-0.05, 0) is 24.3 Å². The van der Waals surface area contributed by atoms with Gasteiger partial charge in [-0.1, -0.05) is 0 Å². The zero-order valence-electron chi connectivity index (χ0n) is 5.95.